The Hall–Kier alpha value is -2.55. The molecule has 3 rings (SSSR count). The Morgan fingerprint density at radius 2 is 1.85 bits per heavy atom. The summed E-state index contributed by atoms with van der Waals surface area (Å²) < 4.78 is 10.9. The third-order valence-corrected chi connectivity index (χ3v) is 3.28. The Labute approximate surface area is 117 Å². The summed E-state index contributed by atoms with van der Waals surface area (Å²) in [5.74, 6) is 1.40. The molecule has 0 fully saturated rings. The van der Waals surface area contributed by atoms with Crippen molar-refractivity contribution < 1.29 is 14.3 Å². The lowest BCUT2D eigenvalue weighted by Gasteiger charge is -2.18. The second-order valence-electron chi connectivity index (χ2n) is 4.53. The van der Waals surface area contributed by atoms with Crippen LogP contribution in [0, 0.1) is 0 Å². The predicted octanol–water partition coefficient (Wildman–Crippen LogP) is 3.35. The molecule has 3 nitrogen and oxygen atoms in total. The van der Waals surface area contributed by atoms with E-state index in [9.17, 15) is 4.79 Å². The molecule has 1 aliphatic rings. The molecule has 0 aromatic heterocycles. The topological polar surface area (TPSA) is 35.5 Å². The number of ketones is 1. The summed E-state index contributed by atoms with van der Waals surface area (Å²) in [6.45, 7) is 0.286. The number of benzene rings is 2. The summed E-state index contributed by atoms with van der Waals surface area (Å²) in [7, 11) is 1.62. The van der Waals surface area contributed by atoms with Gasteiger partial charge in [-0.1, -0.05) is 30.3 Å². The summed E-state index contributed by atoms with van der Waals surface area (Å²) in [6.07, 6.45) is 1.83. The van der Waals surface area contributed by atoms with Gasteiger partial charge in [-0.2, -0.15) is 0 Å². The lowest BCUT2D eigenvalue weighted by molar-refractivity contribution is 0.100. The lowest BCUT2D eigenvalue weighted by Crippen LogP contribution is -2.18. The van der Waals surface area contributed by atoms with E-state index in [0.29, 0.717) is 16.9 Å². The number of carbonyl (C=O) groups excluding carboxylic acids is 1. The van der Waals surface area contributed by atoms with Gasteiger partial charge >= 0.3 is 0 Å². The molecular formula is C17H14O3. The van der Waals surface area contributed by atoms with Crippen LogP contribution in [0.2, 0.25) is 0 Å². The van der Waals surface area contributed by atoms with Crippen LogP contribution >= 0.6 is 0 Å². The third kappa shape index (κ3) is 2.18. The van der Waals surface area contributed by atoms with E-state index in [1.807, 2.05) is 48.5 Å². The smallest absolute Gasteiger partial charge is 0.196 e. The van der Waals surface area contributed by atoms with Crippen LogP contribution in [-0.2, 0) is 0 Å². The number of para-hydroxylation sites is 2. The molecule has 0 aliphatic carbocycles. The Balaban J connectivity index is 2.00. The zero-order chi connectivity index (χ0) is 13.9. The van der Waals surface area contributed by atoms with Crippen molar-refractivity contribution in [2.45, 2.75) is 0 Å². The van der Waals surface area contributed by atoms with E-state index in [1.165, 1.54) is 0 Å². The molecule has 20 heavy (non-hydrogen) atoms. The van der Waals surface area contributed by atoms with Gasteiger partial charge in [0.1, 0.15) is 18.1 Å². The van der Waals surface area contributed by atoms with Crippen LogP contribution in [0.25, 0.3) is 6.08 Å². The van der Waals surface area contributed by atoms with E-state index in [-0.39, 0.29) is 12.4 Å². The minimum absolute atomic E-state index is 0.0118. The number of rotatable bonds is 2. The van der Waals surface area contributed by atoms with E-state index in [0.717, 1.165) is 11.3 Å². The van der Waals surface area contributed by atoms with Crippen LogP contribution < -0.4 is 9.47 Å². The Morgan fingerprint density at radius 1 is 1.10 bits per heavy atom. The Bertz CT molecular complexity index is 686. The average molecular weight is 266 g/mol. The van der Waals surface area contributed by atoms with Gasteiger partial charge in [0, 0.05) is 11.1 Å². The van der Waals surface area contributed by atoms with E-state index >= 15 is 0 Å². The van der Waals surface area contributed by atoms with Crippen molar-refractivity contribution in [2.24, 2.45) is 0 Å². The number of methoxy groups -OCH3 is 1. The summed E-state index contributed by atoms with van der Waals surface area (Å²) in [6, 6.07) is 14.9. The molecular weight excluding hydrogens is 252 g/mol. The number of ether oxygens (including phenoxy) is 2. The van der Waals surface area contributed by atoms with E-state index in [1.54, 1.807) is 13.2 Å². The molecule has 1 heterocycles. The average Bonchev–Trinajstić information content (AvgIpc) is 2.51. The van der Waals surface area contributed by atoms with Crippen molar-refractivity contribution in [1.29, 1.82) is 0 Å². The van der Waals surface area contributed by atoms with Gasteiger partial charge in [0.2, 0.25) is 0 Å². The summed E-state index contributed by atoms with van der Waals surface area (Å²) in [5.41, 5.74) is 2.12. The fourth-order valence-electron chi connectivity index (χ4n) is 2.25. The van der Waals surface area contributed by atoms with Gasteiger partial charge < -0.3 is 9.47 Å². The fourth-order valence-corrected chi connectivity index (χ4v) is 2.25. The van der Waals surface area contributed by atoms with Crippen molar-refractivity contribution >= 4 is 11.9 Å². The van der Waals surface area contributed by atoms with Crippen molar-refractivity contribution in [3.63, 3.8) is 0 Å². The van der Waals surface area contributed by atoms with E-state index < -0.39 is 0 Å². The first-order chi connectivity index (χ1) is 9.79. The highest BCUT2D eigenvalue weighted by Gasteiger charge is 2.22. The van der Waals surface area contributed by atoms with Crippen LogP contribution in [0.5, 0.6) is 11.5 Å². The highest BCUT2D eigenvalue weighted by molar-refractivity contribution is 6.14. The maximum Gasteiger partial charge on any atom is 0.196 e. The van der Waals surface area contributed by atoms with Crippen LogP contribution in [0.1, 0.15) is 15.9 Å². The molecule has 0 radical (unpaired) electrons. The third-order valence-electron chi connectivity index (χ3n) is 3.28. The molecule has 100 valence electrons. The molecule has 0 N–H and O–H groups in total. The number of Topliss-reactive ketones (excluding diaryl/α,β-unsaturated/α-hetero) is 1. The minimum Gasteiger partial charge on any atom is -0.496 e. The van der Waals surface area contributed by atoms with Gasteiger partial charge in [0.15, 0.2) is 5.78 Å². The molecule has 0 saturated heterocycles. The van der Waals surface area contributed by atoms with Crippen molar-refractivity contribution in [1.82, 2.24) is 0 Å². The van der Waals surface area contributed by atoms with Crippen LogP contribution in [0.3, 0.4) is 0 Å². The molecule has 1 aliphatic heterocycles. The van der Waals surface area contributed by atoms with Crippen LogP contribution in [0.4, 0.5) is 0 Å². The number of fused-ring (bicyclic) bond motifs is 1. The van der Waals surface area contributed by atoms with Crippen molar-refractivity contribution in [2.75, 3.05) is 13.7 Å². The van der Waals surface area contributed by atoms with Gasteiger partial charge in [0.25, 0.3) is 0 Å². The second-order valence-corrected chi connectivity index (χ2v) is 4.53. The monoisotopic (exact) mass is 266 g/mol. The van der Waals surface area contributed by atoms with E-state index in [2.05, 4.69) is 0 Å². The molecule has 0 bridgehead atoms. The molecule has 0 atom stereocenters. The highest BCUT2D eigenvalue weighted by Crippen LogP contribution is 2.29. The Kier molecular flexibility index (Phi) is 3.25. The van der Waals surface area contributed by atoms with Gasteiger partial charge in [-0.15, -0.1) is 0 Å². The highest BCUT2D eigenvalue weighted by atomic mass is 16.5. The second kappa shape index (κ2) is 5.21. The maximum atomic E-state index is 12.4. The summed E-state index contributed by atoms with van der Waals surface area (Å²) in [5, 5.41) is 0. The largest absolute Gasteiger partial charge is 0.496 e. The molecule has 0 saturated carbocycles. The number of hydrogen-bond acceptors (Lipinski definition) is 3. The molecule has 3 heteroatoms. The first kappa shape index (κ1) is 12.5. The van der Waals surface area contributed by atoms with Gasteiger partial charge in [-0.3, -0.25) is 4.79 Å². The zero-order valence-corrected chi connectivity index (χ0v) is 11.1. The van der Waals surface area contributed by atoms with Gasteiger partial charge in [-0.05, 0) is 24.3 Å². The van der Waals surface area contributed by atoms with Gasteiger partial charge in [-0.25, -0.2) is 0 Å². The first-order valence-electron chi connectivity index (χ1n) is 6.39. The van der Waals surface area contributed by atoms with Crippen molar-refractivity contribution in [3.8, 4) is 11.5 Å². The van der Waals surface area contributed by atoms with Crippen molar-refractivity contribution in [3.05, 3.63) is 65.2 Å². The predicted molar refractivity (Wildman–Crippen MR) is 77.2 cm³/mol. The lowest BCUT2D eigenvalue weighted by atomic mass is 9.98. The summed E-state index contributed by atoms with van der Waals surface area (Å²) >= 11 is 0. The Morgan fingerprint density at radius 3 is 2.70 bits per heavy atom. The maximum absolute atomic E-state index is 12.4. The molecule has 0 amide bonds. The molecule has 2 aromatic rings. The zero-order valence-electron chi connectivity index (χ0n) is 11.1. The molecule has 0 spiro atoms. The minimum atomic E-state index is 0.0118. The summed E-state index contributed by atoms with van der Waals surface area (Å²) in [4.78, 5) is 12.4. The SMILES string of the molecule is COc1ccccc1/C=C1\COc2ccccc2C1=O. The molecule has 0 unspecified atom stereocenters. The van der Waals surface area contributed by atoms with Gasteiger partial charge in [0.05, 0.1) is 12.7 Å². The number of hydrogen-bond donors (Lipinski definition) is 0. The molecule has 2 aromatic carbocycles. The quantitative estimate of drug-likeness (QED) is 0.782. The van der Waals surface area contributed by atoms with Crippen LogP contribution in [-0.4, -0.2) is 19.5 Å². The normalized spacial score (nSPS) is 15.7. The number of carbonyl (C=O) groups is 1. The van der Waals surface area contributed by atoms with Crippen LogP contribution in [0.15, 0.2) is 54.1 Å². The first-order valence-corrected chi connectivity index (χ1v) is 6.39. The standard InChI is InChI=1S/C17H14O3/c1-19-15-8-4-2-6-12(15)10-13-11-20-16-9-5-3-7-14(16)17(13)18/h2-10H,11H2,1H3/b13-10+. The fraction of sp³-hybridized carbons (Fsp3) is 0.118. The van der Waals surface area contributed by atoms with E-state index in [4.69, 9.17) is 9.47 Å².